The van der Waals surface area contributed by atoms with Crippen molar-refractivity contribution in [3.05, 3.63) is 29.8 Å². The van der Waals surface area contributed by atoms with E-state index < -0.39 is 11.4 Å². The fourth-order valence-corrected chi connectivity index (χ4v) is 2.90. The molecule has 116 valence electrons. The van der Waals surface area contributed by atoms with E-state index in [9.17, 15) is 9.90 Å². The first kappa shape index (κ1) is 15.8. The van der Waals surface area contributed by atoms with Crippen LogP contribution in [0.1, 0.15) is 32.3 Å². The van der Waals surface area contributed by atoms with E-state index in [1.54, 1.807) is 7.11 Å². The molecule has 0 radical (unpaired) electrons. The van der Waals surface area contributed by atoms with Gasteiger partial charge in [-0.15, -0.1) is 0 Å². The first-order valence-electron chi connectivity index (χ1n) is 7.55. The molecule has 0 aliphatic carbocycles. The number of piperidine rings is 1. The molecule has 1 atom stereocenters. The van der Waals surface area contributed by atoms with Gasteiger partial charge in [0.2, 0.25) is 0 Å². The van der Waals surface area contributed by atoms with Gasteiger partial charge in [-0.3, -0.25) is 4.79 Å². The number of carbonyl (C=O) groups is 1. The lowest BCUT2D eigenvalue weighted by Gasteiger charge is -2.39. The Morgan fingerprint density at radius 2 is 1.90 bits per heavy atom. The number of carboxylic acids is 1. The SMILES string of the molecule is COc1ccc(CC(C)N2CCC(C)(C(=O)O)CC2)cc1. The molecule has 1 N–H and O–H groups in total. The number of hydrogen-bond acceptors (Lipinski definition) is 3. The fraction of sp³-hybridized carbons (Fsp3) is 0.588. The second kappa shape index (κ2) is 6.48. The van der Waals surface area contributed by atoms with Crippen LogP contribution in [0.15, 0.2) is 24.3 Å². The van der Waals surface area contributed by atoms with E-state index in [4.69, 9.17) is 4.74 Å². The molecule has 0 aromatic heterocycles. The van der Waals surface area contributed by atoms with Gasteiger partial charge in [-0.25, -0.2) is 0 Å². The minimum atomic E-state index is -0.662. The van der Waals surface area contributed by atoms with Crippen molar-refractivity contribution in [1.29, 1.82) is 0 Å². The third kappa shape index (κ3) is 3.76. The fourth-order valence-electron chi connectivity index (χ4n) is 2.90. The summed E-state index contributed by atoms with van der Waals surface area (Å²) in [5.41, 5.74) is 0.742. The van der Waals surface area contributed by atoms with Crippen LogP contribution < -0.4 is 4.74 Å². The molecule has 1 aromatic rings. The first-order chi connectivity index (χ1) is 9.94. The van der Waals surface area contributed by atoms with Gasteiger partial charge >= 0.3 is 5.97 Å². The van der Waals surface area contributed by atoms with Gasteiger partial charge in [0.15, 0.2) is 0 Å². The molecular weight excluding hydrogens is 266 g/mol. The zero-order valence-corrected chi connectivity index (χ0v) is 13.1. The molecule has 2 rings (SSSR count). The highest BCUT2D eigenvalue weighted by atomic mass is 16.5. The lowest BCUT2D eigenvalue weighted by atomic mass is 9.80. The molecule has 0 saturated carbocycles. The second-order valence-electron chi connectivity index (χ2n) is 6.30. The Hall–Kier alpha value is -1.55. The Kier molecular flexibility index (Phi) is 4.88. The summed E-state index contributed by atoms with van der Waals surface area (Å²) in [6, 6.07) is 8.59. The van der Waals surface area contributed by atoms with Crippen LogP contribution in [-0.4, -0.2) is 42.2 Å². The van der Waals surface area contributed by atoms with E-state index in [2.05, 4.69) is 24.0 Å². The van der Waals surface area contributed by atoms with Crippen molar-refractivity contribution in [3.8, 4) is 5.75 Å². The average Bonchev–Trinajstić information content (AvgIpc) is 2.48. The number of methoxy groups -OCH3 is 1. The molecule has 1 unspecified atom stereocenters. The topological polar surface area (TPSA) is 49.8 Å². The summed E-state index contributed by atoms with van der Waals surface area (Å²) in [4.78, 5) is 13.7. The van der Waals surface area contributed by atoms with Crippen LogP contribution in [0.3, 0.4) is 0 Å². The molecule has 4 nitrogen and oxygen atoms in total. The molecule has 1 saturated heterocycles. The average molecular weight is 291 g/mol. The summed E-state index contributed by atoms with van der Waals surface area (Å²) >= 11 is 0. The van der Waals surface area contributed by atoms with Gasteiger partial charge < -0.3 is 14.7 Å². The third-order valence-corrected chi connectivity index (χ3v) is 4.73. The highest BCUT2D eigenvalue weighted by Crippen LogP contribution is 2.32. The normalized spacial score (nSPS) is 20.0. The Balaban J connectivity index is 1.89. The molecule has 21 heavy (non-hydrogen) atoms. The van der Waals surface area contributed by atoms with Gasteiger partial charge in [-0.05, 0) is 63.9 Å². The van der Waals surface area contributed by atoms with Crippen molar-refractivity contribution >= 4 is 5.97 Å². The number of aliphatic carboxylic acids is 1. The number of nitrogens with zero attached hydrogens (tertiary/aromatic N) is 1. The molecule has 1 aromatic carbocycles. The van der Waals surface area contributed by atoms with Gasteiger partial charge in [0.25, 0.3) is 0 Å². The van der Waals surface area contributed by atoms with E-state index >= 15 is 0 Å². The summed E-state index contributed by atoms with van der Waals surface area (Å²) in [7, 11) is 1.67. The van der Waals surface area contributed by atoms with Gasteiger partial charge in [0.05, 0.1) is 12.5 Å². The number of rotatable bonds is 5. The van der Waals surface area contributed by atoms with E-state index in [0.717, 1.165) is 38.1 Å². The third-order valence-electron chi connectivity index (χ3n) is 4.73. The minimum absolute atomic E-state index is 0.428. The van der Waals surface area contributed by atoms with E-state index in [1.807, 2.05) is 19.1 Å². The highest BCUT2D eigenvalue weighted by molar-refractivity contribution is 5.74. The zero-order valence-electron chi connectivity index (χ0n) is 13.1. The Labute approximate surface area is 126 Å². The lowest BCUT2D eigenvalue weighted by Crippen LogP contribution is -2.46. The molecule has 4 heteroatoms. The number of benzene rings is 1. The number of likely N-dealkylation sites (tertiary alicyclic amines) is 1. The van der Waals surface area contributed by atoms with Crippen LogP contribution in [0.25, 0.3) is 0 Å². The molecule has 1 fully saturated rings. The second-order valence-corrected chi connectivity index (χ2v) is 6.30. The molecule has 1 aliphatic heterocycles. The molecule has 0 amide bonds. The zero-order chi connectivity index (χ0) is 15.5. The van der Waals surface area contributed by atoms with Crippen molar-refractivity contribution in [3.63, 3.8) is 0 Å². The predicted octanol–water partition coefficient (Wildman–Crippen LogP) is 2.81. The summed E-state index contributed by atoms with van der Waals surface area (Å²) in [5.74, 6) is 0.214. The number of carboxylic acid groups (broad SMARTS) is 1. The smallest absolute Gasteiger partial charge is 0.309 e. The van der Waals surface area contributed by atoms with Crippen molar-refractivity contribution in [1.82, 2.24) is 4.90 Å². The van der Waals surface area contributed by atoms with Crippen molar-refractivity contribution in [2.24, 2.45) is 5.41 Å². The van der Waals surface area contributed by atoms with Crippen molar-refractivity contribution < 1.29 is 14.6 Å². The van der Waals surface area contributed by atoms with Gasteiger partial charge in [-0.1, -0.05) is 12.1 Å². The molecule has 1 aliphatic rings. The van der Waals surface area contributed by atoms with E-state index in [1.165, 1.54) is 5.56 Å². The maximum atomic E-state index is 11.3. The summed E-state index contributed by atoms with van der Waals surface area (Å²) < 4.78 is 5.17. The van der Waals surface area contributed by atoms with Crippen LogP contribution in [0.5, 0.6) is 5.75 Å². The van der Waals surface area contributed by atoms with Crippen LogP contribution in [0.4, 0.5) is 0 Å². The standard InChI is InChI=1S/C17H25NO3/c1-13(12-14-4-6-15(21-3)7-5-14)18-10-8-17(2,9-11-18)16(19)20/h4-7,13H,8-12H2,1-3H3,(H,19,20). The van der Waals surface area contributed by atoms with Crippen molar-refractivity contribution in [2.45, 2.75) is 39.2 Å². The summed E-state index contributed by atoms with van der Waals surface area (Å²) in [6.07, 6.45) is 2.44. The van der Waals surface area contributed by atoms with Gasteiger partial charge in [0.1, 0.15) is 5.75 Å². The monoisotopic (exact) mass is 291 g/mol. The highest BCUT2D eigenvalue weighted by Gasteiger charge is 2.37. The lowest BCUT2D eigenvalue weighted by molar-refractivity contribution is -0.151. The minimum Gasteiger partial charge on any atom is -0.497 e. The largest absolute Gasteiger partial charge is 0.497 e. The van der Waals surface area contributed by atoms with Crippen molar-refractivity contribution in [2.75, 3.05) is 20.2 Å². The maximum Gasteiger partial charge on any atom is 0.309 e. The Morgan fingerprint density at radius 1 is 1.33 bits per heavy atom. The predicted molar refractivity (Wildman–Crippen MR) is 82.7 cm³/mol. The van der Waals surface area contributed by atoms with Crippen LogP contribution in [-0.2, 0) is 11.2 Å². The molecule has 0 spiro atoms. The molecule has 1 heterocycles. The van der Waals surface area contributed by atoms with Crippen LogP contribution >= 0.6 is 0 Å². The quantitative estimate of drug-likeness (QED) is 0.906. The number of hydrogen-bond donors (Lipinski definition) is 1. The molecular formula is C17H25NO3. The van der Waals surface area contributed by atoms with E-state index in [-0.39, 0.29) is 0 Å². The van der Waals surface area contributed by atoms with Gasteiger partial charge in [0, 0.05) is 6.04 Å². The number of ether oxygens (including phenoxy) is 1. The van der Waals surface area contributed by atoms with Crippen LogP contribution in [0.2, 0.25) is 0 Å². The van der Waals surface area contributed by atoms with Gasteiger partial charge in [-0.2, -0.15) is 0 Å². The molecule has 0 bridgehead atoms. The summed E-state index contributed by atoms with van der Waals surface area (Å²) in [6.45, 7) is 5.80. The maximum absolute atomic E-state index is 11.3. The first-order valence-corrected chi connectivity index (χ1v) is 7.55. The van der Waals surface area contributed by atoms with E-state index in [0.29, 0.717) is 6.04 Å². The Morgan fingerprint density at radius 3 is 2.38 bits per heavy atom. The Bertz CT molecular complexity index is 475. The van der Waals surface area contributed by atoms with Crippen LogP contribution in [0, 0.1) is 5.41 Å². The summed E-state index contributed by atoms with van der Waals surface area (Å²) in [5, 5.41) is 9.28.